The molecule has 1 saturated heterocycles. The normalized spacial score (nSPS) is 14.7. The molecular formula is C27H27N7OS. The summed E-state index contributed by atoms with van der Waals surface area (Å²) in [5, 5.41) is 28.5. The Morgan fingerprint density at radius 2 is 1.83 bits per heavy atom. The zero-order valence-electron chi connectivity index (χ0n) is 20.4. The van der Waals surface area contributed by atoms with Crippen LogP contribution in [0.2, 0.25) is 0 Å². The molecule has 9 heteroatoms. The van der Waals surface area contributed by atoms with Crippen molar-refractivity contribution in [3.8, 4) is 23.3 Å². The summed E-state index contributed by atoms with van der Waals surface area (Å²) in [5.74, 6) is 0. The maximum Gasteiger partial charge on any atom is 0.103 e. The minimum atomic E-state index is 0.368. The Hall–Kier alpha value is -3.63. The van der Waals surface area contributed by atoms with Gasteiger partial charge in [-0.05, 0) is 38.0 Å². The van der Waals surface area contributed by atoms with Crippen molar-refractivity contribution in [1.82, 2.24) is 24.3 Å². The third kappa shape index (κ3) is 4.61. The van der Waals surface area contributed by atoms with Crippen LogP contribution in [-0.4, -0.2) is 57.6 Å². The van der Waals surface area contributed by atoms with Gasteiger partial charge in [-0.2, -0.15) is 20.7 Å². The fourth-order valence-corrected chi connectivity index (χ4v) is 5.93. The van der Waals surface area contributed by atoms with Crippen LogP contribution in [0.4, 0.5) is 0 Å². The average molecular weight is 498 g/mol. The number of benzene rings is 1. The summed E-state index contributed by atoms with van der Waals surface area (Å²) in [6.45, 7) is 5.93. The van der Waals surface area contributed by atoms with Crippen LogP contribution in [0, 0.1) is 29.6 Å². The standard InChI is InChI=1S/C27H27N7OS/c1-19-24(17-31-34(19)23-7-9-32(10-8-23)11-12-35-2)21-13-26(27-22(15-29)16-30-33(27)18-21)36-25-6-4-3-5-20(25)14-28/h3-6,13,16-18,23H,7-12H2,1-2H3. The number of fused-ring (bicyclic) bond motifs is 1. The maximum absolute atomic E-state index is 9.67. The number of hydrogen-bond donors (Lipinski definition) is 0. The third-order valence-corrected chi connectivity index (χ3v) is 7.90. The van der Waals surface area contributed by atoms with E-state index >= 15 is 0 Å². The number of nitrogens with zero attached hydrogens (tertiary/aromatic N) is 7. The van der Waals surface area contributed by atoms with Gasteiger partial charge in [-0.15, -0.1) is 0 Å². The van der Waals surface area contributed by atoms with Crippen molar-refractivity contribution in [3.05, 3.63) is 65.7 Å². The van der Waals surface area contributed by atoms with Gasteiger partial charge in [0.05, 0.1) is 41.7 Å². The van der Waals surface area contributed by atoms with Gasteiger partial charge in [0, 0.05) is 59.6 Å². The molecule has 0 unspecified atom stereocenters. The van der Waals surface area contributed by atoms with Gasteiger partial charge in [0.25, 0.3) is 0 Å². The Kier molecular flexibility index (Phi) is 7.06. The molecule has 3 aromatic heterocycles. The Balaban J connectivity index is 1.49. The molecule has 1 aromatic carbocycles. The van der Waals surface area contributed by atoms with E-state index in [2.05, 4.69) is 39.8 Å². The van der Waals surface area contributed by atoms with Crippen molar-refractivity contribution in [2.24, 2.45) is 0 Å². The lowest BCUT2D eigenvalue weighted by Gasteiger charge is -2.32. The van der Waals surface area contributed by atoms with Crippen molar-refractivity contribution < 1.29 is 4.74 Å². The summed E-state index contributed by atoms with van der Waals surface area (Å²) in [4.78, 5) is 4.17. The second-order valence-corrected chi connectivity index (χ2v) is 10.0. The maximum atomic E-state index is 9.67. The van der Waals surface area contributed by atoms with Gasteiger partial charge < -0.3 is 9.64 Å². The molecule has 4 aromatic rings. The molecule has 0 saturated carbocycles. The Labute approximate surface area is 214 Å². The van der Waals surface area contributed by atoms with E-state index < -0.39 is 0 Å². The minimum Gasteiger partial charge on any atom is -0.383 e. The molecular weight excluding hydrogens is 470 g/mol. The number of nitriles is 2. The summed E-state index contributed by atoms with van der Waals surface area (Å²) < 4.78 is 9.15. The number of rotatable bonds is 7. The predicted molar refractivity (Wildman–Crippen MR) is 138 cm³/mol. The van der Waals surface area contributed by atoms with Crippen LogP contribution >= 0.6 is 11.8 Å². The molecule has 36 heavy (non-hydrogen) atoms. The third-order valence-electron chi connectivity index (χ3n) is 6.79. The molecule has 182 valence electrons. The lowest BCUT2D eigenvalue weighted by molar-refractivity contribution is 0.119. The van der Waals surface area contributed by atoms with Crippen molar-refractivity contribution in [3.63, 3.8) is 0 Å². The van der Waals surface area contributed by atoms with Crippen LogP contribution in [0.15, 0.2) is 58.7 Å². The van der Waals surface area contributed by atoms with E-state index in [1.54, 1.807) is 23.9 Å². The number of aromatic nitrogens is 4. The number of piperidine rings is 1. The van der Waals surface area contributed by atoms with Gasteiger partial charge in [0.15, 0.2) is 0 Å². The Bertz CT molecular complexity index is 1470. The molecule has 0 aliphatic carbocycles. The van der Waals surface area contributed by atoms with E-state index in [1.165, 1.54) is 11.8 Å². The van der Waals surface area contributed by atoms with Gasteiger partial charge in [0.2, 0.25) is 0 Å². The first-order valence-electron chi connectivity index (χ1n) is 12.0. The zero-order chi connectivity index (χ0) is 25.1. The Morgan fingerprint density at radius 3 is 2.58 bits per heavy atom. The van der Waals surface area contributed by atoms with Crippen LogP contribution in [-0.2, 0) is 4.74 Å². The zero-order valence-corrected chi connectivity index (χ0v) is 21.2. The van der Waals surface area contributed by atoms with Crippen molar-refractivity contribution in [2.45, 2.75) is 35.6 Å². The summed E-state index contributed by atoms with van der Waals surface area (Å²) in [6, 6.07) is 14.5. The molecule has 0 N–H and O–H groups in total. The number of likely N-dealkylation sites (tertiary alicyclic amines) is 1. The first-order valence-corrected chi connectivity index (χ1v) is 12.8. The monoisotopic (exact) mass is 497 g/mol. The fourth-order valence-electron chi connectivity index (χ4n) is 4.84. The number of hydrogen-bond acceptors (Lipinski definition) is 7. The first-order chi connectivity index (χ1) is 17.6. The molecule has 0 radical (unpaired) electrons. The molecule has 4 heterocycles. The van der Waals surface area contributed by atoms with E-state index in [-0.39, 0.29) is 0 Å². The van der Waals surface area contributed by atoms with Crippen LogP contribution in [0.1, 0.15) is 35.7 Å². The smallest absolute Gasteiger partial charge is 0.103 e. The molecule has 0 spiro atoms. The summed E-state index contributed by atoms with van der Waals surface area (Å²) in [5.41, 5.74) is 4.99. The van der Waals surface area contributed by atoms with Gasteiger partial charge in [-0.3, -0.25) is 4.68 Å². The second-order valence-electron chi connectivity index (χ2n) is 8.92. The van der Waals surface area contributed by atoms with Gasteiger partial charge in [-0.25, -0.2) is 4.52 Å². The van der Waals surface area contributed by atoms with Gasteiger partial charge >= 0.3 is 0 Å². The molecule has 0 atom stereocenters. The molecule has 1 aliphatic rings. The highest BCUT2D eigenvalue weighted by atomic mass is 32.2. The molecule has 0 bridgehead atoms. The highest BCUT2D eigenvalue weighted by molar-refractivity contribution is 7.99. The van der Waals surface area contributed by atoms with Crippen LogP contribution in [0.25, 0.3) is 16.6 Å². The van der Waals surface area contributed by atoms with E-state index in [0.29, 0.717) is 17.2 Å². The molecule has 5 rings (SSSR count). The largest absolute Gasteiger partial charge is 0.383 e. The van der Waals surface area contributed by atoms with Crippen LogP contribution in [0.3, 0.4) is 0 Å². The lowest BCUT2D eigenvalue weighted by Crippen LogP contribution is -2.37. The fraction of sp³-hybridized carbons (Fsp3) is 0.333. The van der Waals surface area contributed by atoms with E-state index in [4.69, 9.17) is 9.84 Å². The van der Waals surface area contributed by atoms with Crippen molar-refractivity contribution in [2.75, 3.05) is 33.4 Å². The van der Waals surface area contributed by atoms with Crippen molar-refractivity contribution in [1.29, 1.82) is 10.5 Å². The SMILES string of the molecule is COCCN1CCC(n2ncc(-c3cc(Sc4ccccc4C#N)c4c(C#N)cnn4c3)c2C)CC1. The number of methoxy groups -OCH3 is 1. The highest BCUT2D eigenvalue weighted by Gasteiger charge is 2.24. The van der Waals surface area contributed by atoms with E-state index in [0.717, 1.165) is 71.2 Å². The molecule has 1 fully saturated rings. The summed E-state index contributed by atoms with van der Waals surface area (Å²) in [6.07, 6.45) is 7.59. The van der Waals surface area contributed by atoms with Gasteiger partial charge in [-0.1, -0.05) is 23.9 Å². The molecule has 8 nitrogen and oxygen atoms in total. The highest BCUT2D eigenvalue weighted by Crippen LogP contribution is 2.38. The molecule has 1 aliphatic heterocycles. The molecule has 0 amide bonds. The van der Waals surface area contributed by atoms with Gasteiger partial charge in [0.1, 0.15) is 12.1 Å². The minimum absolute atomic E-state index is 0.368. The number of pyridine rings is 1. The van der Waals surface area contributed by atoms with Crippen molar-refractivity contribution >= 4 is 17.3 Å². The Morgan fingerprint density at radius 1 is 1.06 bits per heavy atom. The van der Waals surface area contributed by atoms with E-state index in [9.17, 15) is 10.5 Å². The average Bonchev–Trinajstić information content (AvgIpc) is 3.51. The first kappa shape index (κ1) is 24.1. The quantitative estimate of drug-likeness (QED) is 0.366. The summed E-state index contributed by atoms with van der Waals surface area (Å²) in [7, 11) is 1.75. The van der Waals surface area contributed by atoms with Crippen LogP contribution < -0.4 is 0 Å². The second kappa shape index (κ2) is 10.5. The number of ether oxygens (including phenoxy) is 1. The van der Waals surface area contributed by atoms with Crippen LogP contribution in [0.5, 0.6) is 0 Å². The topological polar surface area (TPSA) is 95.2 Å². The summed E-state index contributed by atoms with van der Waals surface area (Å²) >= 11 is 1.48. The van der Waals surface area contributed by atoms with E-state index in [1.807, 2.05) is 30.6 Å². The predicted octanol–water partition coefficient (Wildman–Crippen LogP) is 4.68. The lowest BCUT2D eigenvalue weighted by atomic mass is 10.0.